The summed E-state index contributed by atoms with van der Waals surface area (Å²) in [5.41, 5.74) is 2.95. The molecule has 0 saturated carbocycles. The molecule has 0 aliphatic carbocycles. The van der Waals surface area contributed by atoms with Gasteiger partial charge in [-0.3, -0.25) is 9.40 Å². The van der Waals surface area contributed by atoms with Crippen LogP contribution in [0.3, 0.4) is 0 Å². The van der Waals surface area contributed by atoms with Crippen molar-refractivity contribution >= 4 is 27.4 Å². The highest BCUT2D eigenvalue weighted by molar-refractivity contribution is 7.91. The number of methoxy groups -OCH3 is 1. The lowest BCUT2D eigenvalue weighted by atomic mass is 10.1. The number of ether oxygens (including phenoxy) is 1. The monoisotopic (exact) mass is 405 g/mol. The maximum absolute atomic E-state index is 12.6. The number of hydrogen-bond acceptors (Lipinski definition) is 4. The first-order valence-corrected chi connectivity index (χ1v) is 10.2. The first-order valence-electron chi connectivity index (χ1n) is 8.22. The molecule has 3 aromatic rings. The van der Waals surface area contributed by atoms with Crippen molar-refractivity contribution in [1.29, 1.82) is 0 Å². The number of aromatic nitrogens is 2. The second-order valence-electron chi connectivity index (χ2n) is 6.17. The minimum absolute atomic E-state index is 0.171. The van der Waals surface area contributed by atoms with Crippen LogP contribution in [-0.4, -0.2) is 25.3 Å². The molecule has 0 radical (unpaired) electrons. The topological polar surface area (TPSA) is 73.2 Å². The fraction of sp³-hybridized carbons (Fsp3) is 0.211. The van der Waals surface area contributed by atoms with Crippen LogP contribution in [0.25, 0.3) is 11.3 Å². The van der Waals surface area contributed by atoms with Crippen LogP contribution in [-0.2, 0) is 22.8 Å². The smallest absolute Gasteiger partial charge is 0.238 e. The SMILES string of the molecule is COc1ccc(-c2nn(C)c(NS(=O)(=O)Cc3cccc(Cl)c3)c2C)cc1. The van der Waals surface area contributed by atoms with Gasteiger partial charge in [0.15, 0.2) is 0 Å². The maximum Gasteiger partial charge on any atom is 0.238 e. The molecule has 0 aliphatic heterocycles. The van der Waals surface area contributed by atoms with Crippen LogP contribution in [0, 0.1) is 6.92 Å². The summed E-state index contributed by atoms with van der Waals surface area (Å²) in [6, 6.07) is 14.3. The standard InChI is InChI=1S/C19H20ClN3O3S/c1-13-18(15-7-9-17(26-3)10-8-15)21-23(2)19(13)22-27(24,25)12-14-5-4-6-16(20)11-14/h4-11,22H,12H2,1-3H3. The summed E-state index contributed by atoms with van der Waals surface area (Å²) in [5, 5.41) is 4.97. The van der Waals surface area contributed by atoms with Gasteiger partial charge in [-0.05, 0) is 48.9 Å². The Labute approximate surface area is 163 Å². The number of sulfonamides is 1. The molecule has 1 N–H and O–H groups in total. The minimum Gasteiger partial charge on any atom is -0.497 e. The van der Waals surface area contributed by atoms with Gasteiger partial charge >= 0.3 is 0 Å². The quantitative estimate of drug-likeness (QED) is 0.672. The van der Waals surface area contributed by atoms with Gasteiger partial charge in [0.05, 0.1) is 18.6 Å². The maximum atomic E-state index is 12.6. The molecule has 8 heteroatoms. The third-order valence-corrected chi connectivity index (χ3v) is 5.60. The number of hydrogen-bond donors (Lipinski definition) is 1. The van der Waals surface area contributed by atoms with Crippen LogP contribution < -0.4 is 9.46 Å². The lowest BCUT2D eigenvalue weighted by Crippen LogP contribution is -2.17. The Hall–Kier alpha value is -2.51. The number of nitrogens with one attached hydrogen (secondary N) is 1. The molecule has 142 valence electrons. The van der Waals surface area contributed by atoms with Gasteiger partial charge in [-0.25, -0.2) is 8.42 Å². The van der Waals surface area contributed by atoms with E-state index in [1.54, 1.807) is 38.4 Å². The summed E-state index contributed by atoms with van der Waals surface area (Å²) >= 11 is 5.94. The molecule has 0 fully saturated rings. The van der Waals surface area contributed by atoms with Crippen molar-refractivity contribution < 1.29 is 13.2 Å². The Morgan fingerprint density at radius 2 is 1.89 bits per heavy atom. The van der Waals surface area contributed by atoms with Gasteiger partial charge in [-0.15, -0.1) is 0 Å². The molecule has 0 aliphatic rings. The fourth-order valence-corrected chi connectivity index (χ4v) is 4.31. The summed E-state index contributed by atoms with van der Waals surface area (Å²) in [4.78, 5) is 0. The normalized spacial score (nSPS) is 11.4. The van der Waals surface area contributed by atoms with Crippen molar-refractivity contribution in [3.63, 3.8) is 0 Å². The number of nitrogens with zero attached hydrogens (tertiary/aromatic N) is 2. The van der Waals surface area contributed by atoms with Crippen molar-refractivity contribution in [2.45, 2.75) is 12.7 Å². The van der Waals surface area contributed by atoms with Crippen LogP contribution >= 0.6 is 11.6 Å². The molecule has 0 bridgehead atoms. The van der Waals surface area contributed by atoms with E-state index in [1.807, 2.05) is 31.2 Å². The lowest BCUT2D eigenvalue weighted by Gasteiger charge is -2.09. The minimum atomic E-state index is -3.62. The van der Waals surface area contributed by atoms with E-state index in [4.69, 9.17) is 16.3 Å². The zero-order valence-corrected chi connectivity index (χ0v) is 16.8. The summed E-state index contributed by atoms with van der Waals surface area (Å²) in [6.07, 6.45) is 0. The van der Waals surface area contributed by atoms with Crippen LogP contribution in [0.1, 0.15) is 11.1 Å². The number of aryl methyl sites for hydroxylation is 1. The summed E-state index contributed by atoms with van der Waals surface area (Å²) < 4.78 is 34.5. The van der Waals surface area contributed by atoms with Crippen LogP contribution in [0.4, 0.5) is 5.82 Å². The molecular weight excluding hydrogens is 386 g/mol. The third kappa shape index (κ3) is 4.43. The van der Waals surface area contributed by atoms with Crippen LogP contribution in [0.2, 0.25) is 5.02 Å². The molecule has 0 saturated heterocycles. The molecular formula is C19H20ClN3O3S. The van der Waals surface area contributed by atoms with Crippen molar-refractivity contribution in [3.05, 3.63) is 64.7 Å². The first-order chi connectivity index (χ1) is 12.8. The summed E-state index contributed by atoms with van der Waals surface area (Å²) in [6.45, 7) is 1.84. The first kappa shape index (κ1) is 19.3. The van der Waals surface area contributed by atoms with E-state index in [2.05, 4.69) is 9.82 Å². The van der Waals surface area contributed by atoms with Gasteiger partial charge in [0.2, 0.25) is 10.0 Å². The van der Waals surface area contributed by atoms with E-state index in [0.717, 1.165) is 16.9 Å². The third-order valence-electron chi connectivity index (χ3n) is 4.15. The number of rotatable bonds is 6. The second kappa shape index (κ2) is 7.62. The van der Waals surface area contributed by atoms with Crippen molar-refractivity contribution in [2.75, 3.05) is 11.8 Å². The Morgan fingerprint density at radius 3 is 2.52 bits per heavy atom. The zero-order chi connectivity index (χ0) is 19.6. The van der Waals surface area contributed by atoms with Gasteiger partial charge in [0.1, 0.15) is 11.6 Å². The molecule has 0 atom stereocenters. The average Bonchev–Trinajstić information content (AvgIpc) is 2.89. The van der Waals surface area contributed by atoms with E-state index in [1.165, 1.54) is 4.68 Å². The van der Waals surface area contributed by atoms with Gasteiger partial charge in [-0.2, -0.15) is 5.10 Å². The molecule has 27 heavy (non-hydrogen) atoms. The molecule has 1 aromatic heterocycles. The van der Waals surface area contributed by atoms with Gasteiger partial charge in [0.25, 0.3) is 0 Å². The van der Waals surface area contributed by atoms with Crippen molar-refractivity contribution in [2.24, 2.45) is 7.05 Å². The largest absolute Gasteiger partial charge is 0.497 e. The highest BCUT2D eigenvalue weighted by atomic mass is 35.5. The average molecular weight is 406 g/mol. The predicted octanol–water partition coefficient (Wildman–Crippen LogP) is 4.00. The molecule has 2 aromatic carbocycles. The Bertz CT molecular complexity index is 1060. The van der Waals surface area contributed by atoms with E-state index >= 15 is 0 Å². The Morgan fingerprint density at radius 1 is 1.19 bits per heavy atom. The van der Waals surface area contributed by atoms with E-state index in [9.17, 15) is 8.42 Å². The highest BCUT2D eigenvalue weighted by Crippen LogP contribution is 2.29. The molecule has 0 unspecified atom stereocenters. The van der Waals surface area contributed by atoms with E-state index in [0.29, 0.717) is 22.1 Å². The molecule has 0 amide bonds. The van der Waals surface area contributed by atoms with Gasteiger partial charge < -0.3 is 4.74 Å². The second-order valence-corrected chi connectivity index (χ2v) is 8.32. The molecule has 0 spiro atoms. The zero-order valence-electron chi connectivity index (χ0n) is 15.2. The number of anilines is 1. The van der Waals surface area contributed by atoms with E-state index in [-0.39, 0.29) is 5.75 Å². The lowest BCUT2D eigenvalue weighted by molar-refractivity contribution is 0.415. The summed E-state index contributed by atoms with van der Waals surface area (Å²) in [5.74, 6) is 1.01. The van der Waals surface area contributed by atoms with E-state index < -0.39 is 10.0 Å². The van der Waals surface area contributed by atoms with Crippen LogP contribution in [0.5, 0.6) is 5.75 Å². The Balaban J connectivity index is 1.87. The predicted molar refractivity (Wildman–Crippen MR) is 108 cm³/mol. The fourth-order valence-electron chi connectivity index (χ4n) is 2.83. The van der Waals surface area contributed by atoms with Gasteiger partial charge in [0, 0.05) is 23.2 Å². The molecule has 1 heterocycles. The van der Waals surface area contributed by atoms with Gasteiger partial charge in [-0.1, -0.05) is 23.7 Å². The van der Waals surface area contributed by atoms with Crippen molar-refractivity contribution in [3.8, 4) is 17.0 Å². The number of halogens is 1. The molecule has 6 nitrogen and oxygen atoms in total. The number of benzene rings is 2. The highest BCUT2D eigenvalue weighted by Gasteiger charge is 2.20. The molecule has 3 rings (SSSR count). The Kier molecular flexibility index (Phi) is 5.43. The van der Waals surface area contributed by atoms with Crippen molar-refractivity contribution in [1.82, 2.24) is 9.78 Å². The summed E-state index contributed by atoms with van der Waals surface area (Å²) in [7, 11) is -0.308. The van der Waals surface area contributed by atoms with Crippen LogP contribution in [0.15, 0.2) is 48.5 Å².